The maximum absolute atomic E-state index is 14.0. The molecule has 0 aliphatic heterocycles. The van der Waals surface area contributed by atoms with Crippen LogP contribution in [0.3, 0.4) is 0 Å². The number of carboxylic acid groups (broad SMARTS) is 1. The van der Waals surface area contributed by atoms with Crippen molar-refractivity contribution in [2.75, 3.05) is 0 Å². The molecule has 260 valence electrons. The van der Waals surface area contributed by atoms with Crippen LogP contribution in [0.15, 0.2) is 23.8 Å². The lowest BCUT2D eigenvalue weighted by Gasteiger charge is -2.44. The first kappa shape index (κ1) is 43.1. The van der Waals surface area contributed by atoms with Crippen molar-refractivity contribution >= 4 is 11.9 Å². The monoisotopic (exact) mass is 704 g/mol. The lowest BCUT2D eigenvalue weighted by Crippen LogP contribution is -2.77. The van der Waals surface area contributed by atoms with Gasteiger partial charge < -0.3 is 9.84 Å². The molecule has 1 unspecified atom stereocenters. The second-order valence-corrected chi connectivity index (χ2v) is 8.06. The quantitative estimate of drug-likeness (QED) is 0.141. The molecule has 0 amide bonds. The highest BCUT2D eigenvalue weighted by Crippen LogP contribution is 2.66. The highest BCUT2D eigenvalue weighted by atomic mass is 19.4. The van der Waals surface area contributed by atoms with Crippen molar-refractivity contribution in [3.8, 4) is 0 Å². The lowest BCUT2D eigenvalue weighted by atomic mass is 9.87. The summed E-state index contributed by atoms with van der Waals surface area (Å²) in [5.41, 5.74) is -1.23. The van der Waals surface area contributed by atoms with Crippen LogP contribution in [0, 0.1) is 0 Å². The maximum atomic E-state index is 14.0. The largest absolute Gasteiger partial charge is 0.478 e. The van der Waals surface area contributed by atoms with Crippen molar-refractivity contribution in [2.45, 2.75) is 80.4 Å². The number of carbonyl (C=O) groups excluding carboxylic acids is 1. The molecule has 1 N–H and O–H groups in total. The molecule has 0 aromatic heterocycles. The van der Waals surface area contributed by atoms with Crippen molar-refractivity contribution < 1.29 is 112 Å². The third-order valence-electron chi connectivity index (χ3n) is 4.84. The number of esters is 1. The predicted molar refractivity (Wildman–Crippen MR) is 98.6 cm³/mol. The normalized spacial score (nSPS) is 16.4. The van der Waals surface area contributed by atoms with Gasteiger partial charge in [0.1, 0.15) is 0 Å². The van der Waals surface area contributed by atoms with Crippen LogP contribution in [0.5, 0.6) is 0 Å². The topological polar surface area (TPSA) is 63.6 Å². The zero-order valence-electron chi connectivity index (χ0n) is 20.9. The molecule has 1 atom stereocenters. The highest BCUT2D eigenvalue weighted by molar-refractivity contribution is 5.87. The standard InChI is InChI=1S/C14H5F21O2.C5H8O2/c1-3(2)4(36)37-12(29,14(33,34)35)10(25,26)8(21,22)6(17,18)5(15,16)7(19,20)9(23,24)11(27,28)13(30,31)32;1-3-4(2)5(6)7/h1H2,2H3;3H,1-2H3,(H,6,7). The molecule has 0 spiro atoms. The van der Waals surface area contributed by atoms with E-state index in [0.29, 0.717) is 5.57 Å². The zero-order valence-corrected chi connectivity index (χ0v) is 20.9. The number of hydrogen-bond acceptors (Lipinski definition) is 3. The van der Waals surface area contributed by atoms with Crippen molar-refractivity contribution in [2.24, 2.45) is 0 Å². The van der Waals surface area contributed by atoms with E-state index in [1.165, 1.54) is 0 Å². The van der Waals surface area contributed by atoms with Crippen molar-refractivity contribution in [1.82, 2.24) is 0 Å². The molecule has 0 radical (unpaired) electrons. The first-order valence-electron chi connectivity index (χ1n) is 9.98. The fourth-order valence-corrected chi connectivity index (χ4v) is 2.00. The first-order chi connectivity index (χ1) is 18.8. The van der Waals surface area contributed by atoms with Gasteiger partial charge in [0.25, 0.3) is 0 Å². The lowest BCUT2D eigenvalue weighted by molar-refractivity contribution is -0.484. The molecule has 0 saturated heterocycles. The van der Waals surface area contributed by atoms with E-state index in [0.717, 1.165) is 0 Å². The third kappa shape index (κ3) is 6.49. The van der Waals surface area contributed by atoms with Gasteiger partial charge in [-0.15, -0.1) is 0 Å². The average molecular weight is 704 g/mol. The van der Waals surface area contributed by atoms with Gasteiger partial charge in [0.2, 0.25) is 0 Å². The summed E-state index contributed by atoms with van der Waals surface area (Å²) < 4.78 is 277. The minimum atomic E-state index is -9.25. The Hall–Kier alpha value is -3.05. The van der Waals surface area contributed by atoms with Crippen molar-refractivity contribution in [1.29, 1.82) is 0 Å². The van der Waals surface area contributed by atoms with Crippen LogP contribution in [0.1, 0.15) is 20.8 Å². The summed E-state index contributed by atoms with van der Waals surface area (Å²) in [5, 5.41) is 8.11. The number of ether oxygens (including phenoxy) is 1. The number of hydrogen-bond donors (Lipinski definition) is 1. The molecule has 4 nitrogen and oxygen atoms in total. The molecule has 0 aliphatic carbocycles. The van der Waals surface area contributed by atoms with Crippen LogP contribution in [-0.2, 0) is 14.3 Å². The number of carboxylic acids is 1. The fourth-order valence-electron chi connectivity index (χ4n) is 2.00. The van der Waals surface area contributed by atoms with E-state index in [-0.39, 0.29) is 6.92 Å². The van der Waals surface area contributed by atoms with Gasteiger partial charge in [0.05, 0.1) is 0 Å². The second-order valence-electron chi connectivity index (χ2n) is 8.06. The summed E-state index contributed by atoms with van der Waals surface area (Å²) in [6, 6.07) is 0. The number of rotatable bonds is 10. The molecule has 0 rings (SSSR count). The average Bonchev–Trinajstić information content (AvgIpc) is 2.81. The summed E-state index contributed by atoms with van der Waals surface area (Å²) in [4.78, 5) is 20.8. The Kier molecular flexibility index (Phi) is 11.8. The van der Waals surface area contributed by atoms with E-state index in [2.05, 4.69) is 11.3 Å². The molecule has 0 aromatic carbocycles. The van der Waals surface area contributed by atoms with Gasteiger partial charge in [-0.3, -0.25) is 0 Å². The van der Waals surface area contributed by atoms with Crippen LogP contribution in [0.2, 0.25) is 0 Å². The molecule has 0 aromatic rings. The molecular weight excluding hydrogens is 691 g/mol. The third-order valence-corrected chi connectivity index (χ3v) is 4.84. The molecule has 0 aliphatic rings. The molecule has 25 heteroatoms. The molecular formula is C19H13F21O4. The Balaban J connectivity index is 0. The van der Waals surface area contributed by atoms with Crippen LogP contribution in [0.25, 0.3) is 0 Å². The van der Waals surface area contributed by atoms with Gasteiger partial charge in [-0.1, -0.05) is 12.7 Å². The van der Waals surface area contributed by atoms with Gasteiger partial charge in [0, 0.05) is 11.1 Å². The summed E-state index contributed by atoms with van der Waals surface area (Å²) >= 11 is 0. The van der Waals surface area contributed by atoms with E-state index in [9.17, 15) is 102 Å². The summed E-state index contributed by atoms with van der Waals surface area (Å²) in [6.45, 7) is 5.71. The molecule has 0 fully saturated rings. The number of halogens is 21. The van der Waals surface area contributed by atoms with Gasteiger partial charge in [-0.05, 0) is 20.8 Å². The maximum Gasteiger partial charge on any atom is 0.467 e. The van der Waals surface area contributed by atoms with Crippen molar-refractivity contribution in [3.05, 3.63) is 23.8 Å². The summed E-state index contributed by atoms with van der Waals surface area (Å²) in [7, 11) is 0. The van der Waals surface area contributed by atoms with E-state index in [1.54, 1.807) is 19.9 Å². The number of aliphatic carboxylic acids is 1. The Bertz CT molecular complexity index is 1120. The van der Waals surface area contributed by atoms with E-state index >= 15 is 0 Å². The van der Waals surface area contributed by atoms with Gasteiger partial charge in [-0.25, -0.2) is 9.59 Å². The minimum absolute atomic E-state index is 0.154. The van der Waals surface area contributed by atoms with Crippen LogP contribution < -0.4 is 0 Å². The van der Waals surface area contributed by atoms with Crippen LogP contribution in [0.4, 0.5) is 92.2 Å². The molecule has 0 saturated carbocycles. The summed E-state index contributed by atoms with van der Waals surface area (Å²) in [6.07, 6.45) is -14.4. The molecule has 0 bridgehead atoms. The van der Waals surface area contributed by atoms with Crippen LogP contribution in [-0.4, -0.2) is 76.7 Å². The smallest absolute Gasteiger partial charge is 0.467 e. The Morgan fingerprint density at radius 1 is 0.545 bits per heavy atom. The zero-order chi connectivity index (χ0) is 36.7. The Labute approximate surface area is 229 Å². The summed E-state index contributed by atoms with van der Waals surface area (Å²) in [5.74, 6) is -74.8. The minimum Gasteiger partial charge on any atom is -0.478 e. The first-order valence-corrected chi connectivity index (χ1v) is 9.98. The molecule has 0 heterocycles. The number of allylic oxidation sites excluding steroid dienone is 1. The Morgan fingerprint density at radius 3 is 1.00 bits per heavy atom. The SMILES string of the molecule is C=C(C)C(=O)OC(F)(C(F)(F)F)C(F)(F)C(F)(F)C(F)(F)C(F)(F)C(F)(F)C(F)(F)C(F)(F)C(F)(F)F.CC=C(C)C(=O)O. The molecule has 44 heavy (non-hydrogen) atoms. The van der Waals surface area contributed by atoms with Crippen LogP contribution >= 0.6 is 0 Å². The van der Waals surface area contributed by atoms with Crippen molar-refractivity contribution in [3.63, 3.8) is 0 Å². The number of carbonyl (C=O) groups is 2. The van der Waals surface area contributed by atoms with Gasteiger partial charge in [0.15, 0.2) is 0 Å². The van der Waals surface area contributed by atoms with E-state index in [4.69, 9.17) is 5.11 Å². The second kappa shape index (κ2) is 12.0. The van der Waals surface area contributed by atoms with E-state index < -0.39 is 77.2 Å². The van der Waals surface area contributed by atoms with Gasteiger partial charge >= 0.3 is 71.6 Å². The Morgan fingerprint density at radius 2 is 0.818 bits per heavy atom. The predicted octanol–water partition coefficient (Wildman–Crippen LogP) is 8.38. The fraction of sp³-hybridized carbons (Fsp3) is 0.684. The van der Waals surface area contributed by atoms with E-state index in [1.807, 2.05) is 0 Å². The number of alkyl halides is 21. The highest BCUT2D eigenvalue weighted by Gasteiger charge is 2.98. The van der Waals surface area contributed by atoms with Gasteiger partial charge in [-0.2, -0.15) is 92.2 Å².